The molecule has 0 aromatic heterocycles. The molecule has 0 radical (unpaired) electrons. The van der Waals surface area contributed by atoms with E-state index in [9.17, 15) is 13.2 Å². The molecule has 2 aromatic carbocycles. The van der Waals surface area contributed by atoms with Crippen LogP contribution in [-0.2, 0) is 6.42 Å². The normalized spacial score (nSPS) is 12.4. The van der Waals surface area contributed by atoms with E-state index in [-0.39, 0.29) is 11.4 Å². The van der Waals surface area contributed by atoms with E-state index in [4.69, 9.17) is 0 Å². The van der Waals surface area contributed by atoms with Gasteiger partial charge in [-0.2, -0.15) is 0 Å². The van der Waals surface area contributed by atoms with Crippen LogP contribution in [0.15, 0.2) is 42.5 Å². The lowest BCUT2D eigenvalue weighted by molar-refractivity contribution is 0.553. The maximum absolute atomic E-state index is 13.5. The van der Waals surface area contributed by atoms with Gasteiger partial charge < -0.3 is 0 Å². The van der Waals surface area contributed by atoms with Gasteiger partial charge in [-0.15, -0.1) is 0 Å². The Balaban J connectivity index is 2.22. The second kappa shape index (κ2) is 5.57. The fraction of sp³-hybridized carbons (Fsp3) is 0.143. The van der Waals surface area contributed by atoms with Crippen molar-refractivity contribution in [1.82, 2.24) is 0 Å². The van der Waals surface area contributed by atoms with Crippen LogP contribution in [0.25, 0.3) is 0 Å². The maximum Gasteiger partial charge on any atom is 0.130 e. The van der Waals surface area contributed by atoms with Crippen molar-refractivity contribution < 1.29 is 13.2 Å². The van der Waals surface area contributed by atoms with Crippen LogP contribution in [0, 0.1) is 17.5 Å². The lowest BCUT2D eigenvalue weighted by atomic mass is 10.0. The van der Waals surface area contributed by atoms with Gasteiger partial charge in [-0.25, -0.2) is 13.2 Å². The van der Waals surface area contributed by atoms with Crippen LogP contribution in [0.3, 0.4) is 0 Å². The van der Waals surface area contributed by atoms with Crippen LogP contribution in [0.4, 0.5) is 13.2 Å². The van der Waals surface area contributed by atoms with E-state index in [0.717, 1.165) is 5.56 Å². The summed E-state index contributed by atoms with van der Waals surface area (Å²) in [7, 11) is 0. The van der Waals surface area contributed by atoms with Crippen molar-refractivity contribution in [3.05, 3.63) is 71.0 Å². The van der Waals surface area contributed by atoms with Gasteiger partial charge in [0.2, 0.25) is 0 Å². The van der Waals surface area contributed by atoms with Crippen LogP contribution < -0.4 is 0 Å². The fourth-order valence-electron chi connectivity index (χ4n) is 1.74. The minimum Gasteiger partial charge on any atom is -0.207 e. The highest BCUT2D eigenvalue weighted by Crippen LogP contribution is 2.31. The second-order valence-electron chi connectivity index (χ2n) is 3.93. The van der Waals surface area contributed by atoms with Gasteiger partial charge in [0, 0.05) is 10.4 Å². The lowest BCUT2D eigenvalue weighted by Crippen LogP contribution is -2.02. The van der Waals surface area contributed by atoms with Gasteiger partial charge in [0.1, 0.15) is 17.5 Å². The molecule has 2 rings (SSSR count). The molecule has 0 bridgehead atoms. The number of hydrogen-bond acceptors (Lipinski definition) is 0. The number of rotatable bonds is 3. The summed E-state index contributed by atoms with van der Waals surface area (Å²) in [6.45, 7) is 0. The summed E-state index contributed by atoms with van der Waals surface area (Å²) in [5.41, 5.74) is 0.808. The van der Waals surface area contributed by atoms with Gasteiger partial charge in [0.15, 0.2) is 0 Å². The molecule has 0 aliphatic rings. The first kappa shape index (κ1) is 13.1. The third kappa shape index (κ3) is 2.93. The molecule has 0 amide bonds. The third-order valence-corrected chi connectivity index (χ3v) is 3.42. The molecule has 0 spiro atoms. The van der Waals surface area contributed by atoms with Crippen molar-refractivity contribution in [3.63, 3.8) is 0 Å². The van der Waals surface area contributed by atoms with Gasteiger partial charge in [-0.1, -0.05) is 34.1 Å². The van der Waals surface area contributed by atoms with E-state index in [1.165, 1.54) is 30.3 Å². The molecule has 18 heavy (non-hydrogen) atoms. The standard InChI is InChI=1S/C14H10BrF3/c15-11(8-9-4-6-10(16)7-5-9)14-12(17)2-1-3-13(14)18/h1-7,11H,8H2. The van der Waals surface area contributed by atoms with E-state index in [2.05, 4.69) is 15.9 Å². The molecule has 1 unspecified atom stereocenters. The number of halogens is 4. The third-order valence-electron chi connectivity index (χ3n) is 2.64. The minimum absolute atomic E-state index is 0.00169. The Labute approximate surface area is 112 Å². The highest BCUT2D eigenvalue weighted by molar-refractivity contribution is 9.09. The Morgan fingerprint density at radius 3 is 2.00 bits per heavy atom. The minimum atomic E-state index is -0.584. The zero-order valence-electron chi connectivity index (χ0n) is 9.34. The highest BCUT2D eigenvalue weighted by Gasteiger charge is 2.17. The molecule has 0 nitrogen and oxygen atoms in total. The molecule has 1 atom stereocenters. The SMILES string of the molecule is Fc1ccc(CC(Br)c2c(F)cccc2F)cc1. The Bertz CT molecular complexity index is 517. The van der Waals surface area contributed by atoms with Gasteiger partial charge >= 0.3 is 0 Å². The van der Waals surface area contributed by atoms with E-state index in [1.54, 1.807) is 12.1 Å². The van der Waals surface area contributed by atoms with Crippen LogP contribution in [0.5, 0.6) is 0 Å². The Kier molecular flexibility index (Phi) is 4.07. The summed E-state index contributed by atoms with van der Waals surface area (Å²) >= 11 is 3.27. The van der Waals surface area contributed by atoms with Crippen molar-refractivity contribution in [3.8, 4) is 0 Å². The van der Waals surface area contributed by atoms with Gasteiger partial charge in [-0.3, -0.25) is 0 Å². The van der Waals surface area contributed by atoms with Crippen LogP contribution in [-0.4, -0.2) is 0 Å². The van der Waals surface area contributed by atoms with Crippen LogP contribution in [0.2, 0.25) is 0 Å². The summed E-state index contributed by atoms with van der Waals surface area (Å²) in [4.78, 5) is -0.482. The zero-order chi connectivity index (χ0) is 13.1. The summed E-state index contributed by atoms with van der Waals surface area (Å²) < 4.78 is 39.8. The maximum atomic E-state index is 13.5. The van der Waals surface area contributed by atoms with Crippen LogP contribution in [0.1, 0.15) is 16.0 Å². The largest absolute Gasteiger partial charge is 0.207 e. The van der Waals surface area contributed by atoms with Crippen molar-refractivity contribution in [1.29, 1.82) is 0 Å². The first-order valence-corrected chi connectivity index (χ1v) is 6.32. The van der Waals surface area contributed by atoms with Gasteiger partial charge in [0.25, 0.3) is 0 Å². The Morgan fingerprint density at radius 1 is 0.889 bits per heavy atom. The monoisotopic (exact) mass is 314 g/mol. The first-order chi connectivity index (χ1) is 8.58. The molecular weight excluding hydrogens is 305 g/mol. The van der Waals surface area contributed by atoms with Crippen molar-refractivity contribution in [2.45, 2.75) is 11.2 Å². The number of benzene rings is 2. The number of hydrogen-bond donors (Lipinski definition) is 0. The molecule has 0 saturated carbocycles. The lowest BCUT2D eigenvalue weighted by Gasteiger charge is -2.12. The van der Waals surface area contributed by atoms with E-state index < -0.39 is 16.5 Å². The van der Waals surface area contributed by atoms with Crippen molar-refractivity contribution in [2.24, 2.45) is 0 Å². The van der Waals surface area contributed by atoms with E-state index >= 15 is 0 Å². The predicted octanol–water partition coefficient (Wildman–Crippen LogP) is 4.78. The molecule has 0 fully saturated rings. The molecule has 0 aliphatic carbocycles. The summed E-state index contributed by atoms with van der Waals surface area (Å²) in [5, 5.41) is 0. The van der Waals surface area contributed by atoms with Crippen molar-refractivity contribution in [2.75, 3.05) is 0 Å². The summed E-state index contributed by atoms with van der Waals surface area (Å²) in [6, 6.07) is 9.62. The topological polar surface area (TPSA) is 0 Å². The first-order valence-electron chi connectivity index (χ1n) is 5.40. The quantitative estimate of drug-likeness (QED) is 0.715. The smallest absolute Gasteiger partial charge is 0.130 e. The van der Waals surface area contributed by atoms with E-state index in [0.29, 0.717) is 6.42 Å². The summed E-state index contributed by atoms with van der Waals surface area (Å²) in [6.07, 6.45) is 0.387. The Hall–Kier alpha value is -1.29. The van der Waals surface area contributed by atoms with Gasteiger partial charge in [-0.05, 0) is 36.2 Å². The molecular formula is C14H10BrF3. The second-order valence-corrected chi connectivity index (χ2v) is 5.04. The molecule has 94 valence electrons. The van der Waals surface area contributed by atoms with Gasteiger partial charge in [0.05, 0.1) is 0 Å². The van der Waals surface area contributed by atoms with Crippen molar-refractivity contribution >= 4 is 15.9 Å². The Morgan fingerprint density at radius 2 is 1.44 bits per heavy atom. The molecule has 2 aromatic rings. The molecule has 0 heterocycles. The average Bonchev–Trinajstić information content (AvgIpc) is 2.32. The highest BCUT2D eigenvalue weighted by atomic mass is 79.9. The molecule has 0 saturated heterocycles. The fourth-order valence-corrected chi connectivity index (χ4v) is 2.55. The molecule has 0 aliphatic heterocycles. The number of alkyl halides is 1. The average molecular weight is 315 g/mol. The van der Waals surface area contributed by atoms with E-state index in [1.807, 2.05) is 0 Å². The molecule has 4 heteroatoms. The van der Waals surface area contributed by atoms with Crippen LogP contribution >= 0.6 is 15.9 Å². The summed E-state index contributed by atoms with van der Waals surface area (Å²) in [5.74, 6) is -1.50. The predicted molar refractivity (Wildman–Crippen MR) is 68.1 cm³/mol. The zero-order valence-corrected chi connectivity index (χ0v) is 10.9. The molecule has 0 N–H and O–H groups in total.